The van der Waals surface area contributed by atoms with E-state index in [9.17, 15) is 0 Å². The third-order valence-electron chi connectivity index (χ3n) is 7.14. The van der Waals surface area contributed by atoms with Gasteiger partial charge in [0.05, 0.1) is 0 Å². The van der Waals surface area contributed by atoms with Gasteiger partial charge in [-0.3, -0.25) is 0 Å². The first kappa shape index (κ1) is 34.7. The molecule has 2 aliphatic carbocycles. The van der Waals surface area contributed by atoms with Crippen LogP contribution in [0.3, 0.4) is 0 Å². The van der Waals surface area contributed by atoms with Crippen LogP contribution in [0.15, 0.2) is 180 Å². The number of hydrogen-bond acceptors (Lipinski definition) is 0. The van der Waals surface area contributed by atoms with Gasteiger partial charge < -0.3 is 24.8 Å². The summed E-state index contributed by atoms with van der Waals surface area (Å²) in [6.45, 7) is 4.43. The van der Waals surface area contributed by atoms with E-state index in [1.165, 1.54) is 54.1 Å². The molecule has 5 heteroatoms. The quantitative estimate of drug-likeness (QED) is 0.223. The molecule has 0 nitrogen and oxygen atoms in total. The minimum Gasteiger partial charge on any atom is -1.00 e. The van der Waals surface area contributed by atoms with Crippen LogP contribution in [0.2, 0.25) is 0 Å². The fourth-order valence-electron chi connectivity index (χ4n) is 5.27. The van der Waals surface area contributed by atoms with E-state index in [0.717, 1.165) is 0 Å². The molecule has 0 unspecified atom stereocenters. The van der Waals surface area contributed by atoms with Gasteiger partial charge in [-0.2, -0.15) is 0 Å². The Kier molecular flexibility index (Phi) is 13.1. The Morgan fingerprint density at radius 3 is 0.884 bits per heavy atom. The molecular weight excluding hydrogens is 696 g/mol. The van der Waals surface area contributed by atoms with Crippen LogP contribution < -0.4 is 46.0 Å². The van der Waals surface area contributed by atoms with Crippen LogP contribution >= 0.6 is 15.1 Å². The van der Waals surface area contributed by atoms with Crippen molar-refractivity contribution >= 4 is 46.9 Å². The molecule has 0 bridgehead atoms. The second kappa shape index (κ2) is 16.3. The number of hydrogen-bond donors (Lipinski definition) is 0. The van der Waals surface area contributed by atoms with Crippen LogP contribution in [-0.4, -0.2) is 10.6 Å². The predicted octanol–water partition coefficient (Wildman–Crippen LogP) is 1.93. The van der Waals surface area contributed by atoms with Gasteiger partial charge in [-0.05, 0) is 97.8 Å². The van der Waals surface area contributed by atoms with Crippen molar-refractivity contribution in [2.24, 2.45) is 0 Å². The van der Waals surface area contributed by atoms with Gasteiger partial charge in [-0.1, -0.05) is 84.9 Å². The monoisotopic (exact) mass is 726 g/mol. The molecule has 4 aromatic rings. The van der Waals surface area contributed by atoms with Crippen LogP contribution in [0, 0.1) is 0 Å². The molecule has 4 aromatic carbocycles. The fraction of sp³-hybridized carbons (Fsp3) is 0.0526. The fourth-order valence-corrected chi connectivity index (χ4v) is 10.4. The van der Waals surface area contributed by atoms with Crippen molar-refractivity contribution in [1.29, 1.82) is 0 Å². The molecule has 218 valence electrons. The van der Waals surface area contributed by atoms with Gasteiger partial charge in [0.2, 0.25) is 0 Å². The normalized spacial score (nSPS) is 15.3. The van der Waals surface area contributed by atoms with E-state index >= 15 is 0 Å². The molecular formula is C38H32Cl2P2Pd. The second-order valence-corrected chi connectivity index (χ2v) is 14.4. The van der Waals surface area contributed by atoms with Crippen LogP contribution in [0.5, 0.6) is 0 Å². The zero-order valence-electron chi connectivity index (χ0n) is 24.0. The Hall–Kier alpha value is -2.84. The minimum atomic E-state index is -0.747. The second-order valence-electron chi connectivity index (χ2n) is 10.1. The van der Waals surface area contributed by atoms with Crippen LogP contribution in [0.25, 0.3) is 0 Å². The minimum absolute atomic E-state index is 0. The molecule has 0 atom stereocenters. The van der Waals surface area contributed by atoms with E-state index < -0.39 is 15.1 Å². The number of rotatable bonds is 4. The topological polar surface area (TPSA) is 0 Å². The largest absolute Gasteiger partial charge is 1.00 e. The summed E-state index contributed by atoms with van der Waals surface area (Å²) in [5, 5.41) is 8.31. The maximum Gasteiger partial charge on any atom is 0.178 e. The van der Waals surface area contributed by atoms with Crippen molar-refractivity contribution in [3.63, 3.8) is 0 Å². The van der Waals surface area contributed by atoms with Gasteiger partial charge in [0, 0.05) is 31.6 Å². The standard InChI is InChI=1S/C38H32P2.2ClH.Pd/c1-29-23-25-35(37(27-29)39(31-15-7-3-8-16-31)32-17-9-4-10-18-32)36-26-24-30(2)28-38(36)40(33-19-11-5-12-20-33)34-21-13-6-14-22-34;;;/h3-28H,1-2H3;2*1H;/q+2;;;/p-2/b36-35-;;;. The Labute approximate surface area is 284 Å². The van der Waals surface area contributed by atoms with E-state index in [-0.39, 0.29) is 45.2 Å². The Morgan fingerprint density at radius 2 is 0.628 bits per heavy atom. The smallest absolute Gasteiger partial charge is 0.178 e. The Morgan fingerprint density at radius 1 is 0.372 bits per heavy atom. The summed E-state index contributed by atoms with van der Waals surface area (Å²) >= 11 is 0. The van der Waals surface area contributed by atoms with Gasteiger partial charge >= 0.3 is 0 Å². The molecule has 0 heterocycles. The summed E-state index contributed by atoms with van der Waals surface area (Å²) < 4.78 is 0. The molecule has 0 amide bonds. The van der Waals surface area contributed by atoms with Crippen LogP contribution in [-0.2, 0) is 20.4 Å². The summed E-state index contributed by atoms with van der Waals surface area (Å²) in [4.78, 5) is 0. The average Bonchev–Trinajstić information content (AvgIpc) is 3.00. The van der Waals surface area contributed by atoms with Gasteiger partial charge in [-0.15, -0.1) is 0 Å². The first-order valence-electron chi connectivity index (χ1n) is 13.7. The van der Waals surface area contributed by atoms with Crippen molar-refractivity contribution in [3.8, 4) is 0 Å². The number of halogens is 2. The SMILES string of the molecule is CC1=CC(=[P+](c2ccccc2)c2ccccc2)/C(=C2/C=CC(C)=CC2=[P+](c2ccccc2)c2ccccc2)C=C1.[Cl-].[Cl-].[Pd]. The molecule has 0 saturated carbocycles. The van der Waals surface area contributed by atoms with Crippen molar-refractivity contribution in [2.75, 3.05) is 0 Å². The maximum absolute atomic E-state index is 2.43. The van der Waals surface area contributed by atoms with E-state index in [0.29, 0.717) is 0 Å². The maximum atomic E-state index is 2.43. The van der Waals surface area contributed by atoms with Gasteiger partial charge in [-0.25, -0.2) is 0 Å². The zero-order chi connectivity index (χ0) is 27.3. The zero-order valence-corrected chi connectivity index (χ0v) is 28.8. The van der Waals surface area contributed by atoms with Crippen molar-refractivity contribution in [1.82, 2.24) is 0 Å². The molecule has 0 N–H and O–H groups in total. The molecule has 43 heavy (non-hydrogen) atoms. The summed E-state index contributed by atoms with van der Waals surface area (Å²) in [6, 6.07) is 44.2. The Balaban J connectivity index is 0.00000169. The van der Waals surface area contributed by atoms with E-state index in [2.05, 4.69) is 172 Å². The van der Waals surface area contributed by atoms with E-state index in [1.807, 2.05) is 0 Å². The third kappa shape index (κ3) is 7.82. The van der Waals surface area contributed by atoms with Gasteiger partial charge in [0.15, 0.2) is 46.9 Å². The summed E-state index contributed by atoms with van der Waals surface area (Å²) in [5.74, 6) is 0. The first-order chi connectivity index (χ1) is 19.7. The molecule has 0 aliphatic heterocycles. The number of benzene rings is 4. The Bertz CT molecular complexity index is 1550. The molecule has 6 rings (SSSR count). The van der Waals surface area contributed by atoms with Crippen LogP contribution in [0.4, 0.5) is 0 Å². The molecule has 0 aromatic heterocycles. The summed E-state index contributed by atoms with van der Waals surface area (Å²) in [6.07, 6.45) is 14.1. The predicted molar refractivity (Wildman–Crippen MR) is 181 cm³/mol. The van der Waals surface area contributed by atoms with E-state index in [1.54, 1.807) is 0 Å². The van der Waals surface area contributed by atoms with Crippen molar-refractivity contribution in [2.45, 2.75) is 13.8 Å². The molecule has 0 spiro atoms. The van der Waals surface area contributed by atoms with E-state index in [4.69, 9.17) is 0 Å². The third-order valence-corrected chi connectivity index (χ3v) is 12.1. The first-order valence-corrected chi connectivity index (χ1v) is 16.4. The summed E-state index contributed by atoms with van der Waals surface area (Å²) in [5.41, 5.74) is 5.25. The van der Waals surface area contributed by atoms with Gasteiger partial charge in [0.1, 0.15) is 0 Å². The number of allylic oxidation sites excluding steroid dienone is 10. The molecule has 0 saturated heterocycles. The molecule has 0 fully saturated rings. The summed E-state index contributed by atoms with van der Waals surface area (Å²) in [7, 11) is -1.49. The van der Waals surface area contributed by atoms with Crippen LogP contribution in [0.1, 0.15) is 13.8 Å². The van der Waals surface area contributed by atoms with Gasteiger partial charge in [0.25, 0.3) is 0 Å². The molecule has 0 radical (unpaired) electrons. The molecule has 2 aliphatic rings. The average molecular weight is 728 g/mol. The van der Waals surface area contributed by atoms with Crippen molar-refractivity contribution in [3.05, 3.63) is 180 Å². The van der Waals surface area contributed by atoms with Crippen molar-refractivity contribution < 1.29 is 45.2 Å².